The molecule has 0 atom stereocenters. The number of hydrogen-bond donors (Lipinski definition) is 2. The third-order valence-corrected chi connectivity index (χ3v) is 2.33. The van der Waals surface area contributed by atoms with Gasteiger partial charge in [0.15, 0.2) is 0 Å². The van der Waals surface area contributed by atoms with Crippen LogP contribution in [0.1, 0.15) is 12.0 Å². The summed E-state index contributed by atoms with van der Waals surface area (Å²) >= 11 is 0. The largest absolute Gasteiger partial charge is 0.383 e. The molecular weight excluding hydrogens is 230 g/mol. The molecule has 18 heavy (non-hydrogen) atoms. The SMILES string of the molecule is COCCNCCC(=O)Nc1ccccc1C#N. The number of methoxy groups -OCH3 is 1. The zero-order chi connectivity index (χ0) is 13.2. The first-order chi connectivity index (χ1) is 8.77. The van der Waals surface area contributed by atoms with Crippen molar-refractivity contribution in [2.24, 2.45) is 0 Å². The van der Waals surface area contributed by atoms with Crippen LogP contribution in [0, 0.1) is 11.3 Å². The molecule has 0 bridgehead atoms. The summed E-state index contributed by atoms with van der Waals surface area (Å²) < 4.78 is 4.88. The van der Waals surface area contributed by atoms with Crippen molar-refractivity contribution in [1.82, 2.24) is 5.32 Å². The van der Waals surface area contributed by atoms with E-state index in [1.54, 1.807) is 31.4 Å². The fraction of sp³-hybridized carbons (Fsp3) is 0.385. The lowest BCUT2D eigenvalue weighted by Gasteiger charge is -2.07. The molecule has 0 aromatic heterocycles. The zero-order valence-corrected chi connectivity index (χ0v) is 10.4. The second-order valence-corrected chi connectivity index (χ2v) is 3.70. The number of amides is 1. The Morgan fingerprint density at radius 3 is 2.89 bits per heavy atom. The first-order valence-corrected chi connectivity index (χ1v) is 5.76. The number of carbonyl (C=O) groups is 1. The van der Waals surface area contributed by atoms with Crippen LogP contribution in [0.4, 0.5) is 5.69 Å². The van der Waals surface area contributed by atoms with Gasteiger partial charge in [-0.05, 0) is 12.1 Å². The molecule has 0 aliphatic heterocycles. The number of anilines is 1. The lowest BCUT2D eigenvalue weighted by molar-refractivity contribution is -0.116. The van der Waals surface area contributed by atoms with Crippen molar-refractivity contribution in [2.75, 3.05) is 32.1 Å². The van der Waals surface area contributed by atoms with Crippen LogP contribution in [0.15, 0.2) is 24.3 Å². The van der Waals surface area contributed by atoms with E-state index in [1.807, 2.05) is 6.07 Å². The van der Waals surface area contributed by atoms with E-state index in [4.69, 9.17) is 10.00 Å². The van der Waals surface area contributed by atoms with Crippen molar-refractivity contribution < 1.29 is 9.53 Å². The molecule has 96 valence electrons. The van der Waals surface area contributed by atoms with E-state index in [9.17, 15) is 4.79 Å². The highest BCUT2D eigenvalue weighted by Crippen LogP contribution is 2.13. The minimum Gasteiger partial charge on any atom is -0.383 e. The highest BCUT2D eigenvalue weighted by molar-refractivity contribution is 5.92. The predicted molar refractivity (Wildman–Crippen MR) is 69.1 cm³/mol. The maximum atomic E-state index is 11.6. The predicted octanol–water partition coefficient (Wildman–Crippen LogP) is 1.12. The Hall–Kier alpha value is -1.90. The van der Waals surface area contributed by atoms with Gasteiger partial charge in [-0.2, -0.15) is 5.26 Å². The zero-order valence-electron chi connectivity index (χ0n) is 10.4. The van der Waals surface area contributed by atoms with Gasteiger partial charge in [-0.1, -0.05) is 12.1 Å². The van der Waals surface area contributed by atoms with Crippen LogP contribution in [-0.4, -0.2) is 32.7 Å². The normalized spacial score (nSPS) is 9.78. The summed E-state index contributed by atoms with van der Waals surface area (Å²) in [5.41, 5.74) is 1.03. The van der Waals surface area contributed by atoms with Crippen molar-refractivity contribution in [3.05, 3.63) is 29.8 Å². The van der Waals surface area contributed by atoms with Crippen molar-refractivity contribution in [3.8, 4) is 6.07 Å². The van der Waals surface area contributed by atoms with Gasteiger partial charge in [0.1, 0.15) is 6.07 Å². The first kappa shape index (κ1) is 14.2. The molecule has 1 rings (SSSR count). The number of benzene rings is 1. The number of nitrogens with one attached hydrogen (secondary N) is 2. The monoisotopic (exact) mass is 247 g/mol. The Balaban J connectivity index is 2.34. The van der Waals surface area contributed by atoms with Crippen LogP contribution in [-0.2, 0) is 9.53 Å². The van der Waals surface area contributed by atoms with Gasteiger partial charge in [-0.25, -0.2) is 0 Å². The maximum absolute atomic E-state index is 11.6. The number of rotatable bonds is 7. The summed E-state index contributed by atoms with van der Waals surface area (Å²) in [7, 11) is 1.63. The van der Waals surface area contributed by atoms with E-state index < -0.39 is 0 Å². The Morgan fingerprint density at radius 1 is 1.39 bits per heavy atom. The van der Waals surface area contributed by atoms with Crippen molar-refractivity contribution in [3.63, 3.8) is 0 Å². The number of nitrogens with zero attached hydrogens (tertiary/aromatic N) is 1. The van der Waals surface area contributed by atoms with Crippen LogP contribution < -0.4 is 10.6 Å². The second kappa shape index (κ2) is 8.23. The fourth-order valence-electron chi connectivity index (χ4n) is 1.40. The van der Waals surface area contributed by atoms with Crippen LogP contribution in [0.5, 0.6) is 0 Å². The standard InChI is InChI=1S/C13H17N3O2/c1-18-9-8-15-7-6-13(17)16-12-5-3-2-4-11(12)10-14/h2-5,15H,6-9H2,1H3,(H,16,17). The van der Waals surface area contributed by atoms with Crippen LogP contribution in [0.25, 0.3) is 0 Å². The summed E-state index contributed by atoms with van der Waals surface area (Å²) in [5.74, 6) is -0.109. The summed E-state index contributed by atoms with van der Waals surface area (Å²) in [4.78, 5) is 11.6. The molecule has 1 amide bonds. The average molecular weight is 247 g/mol. The molecule has 0 aliphatic carbocycles. The van der Waals surface area contributed by atoms with Gasteiger partial charge in [0.05, 0.1) is 17.9 Å². The molecule has 0 unspecified atom stereocenters. The molecule has 0 fully saturated rings. The Morgan fingerprint density at radius 2 is 2.17 bits per heavy atom. The van der Waals surface area contributed by atoms with Gasteiger partial charge < -0.3 is 15.4 Å². The lowest BCUT2D eigenvalue weighted by atomic mass is 10.2. The molecule has 0 aliphatic rings. The molecule has 2 N–H and O–H groups in total. The quantitative estimate of drug-likeness (QED) is 0.708. The molecule has 0 spiro atoms. The molecule has 5 heteroatoms. The van der Waals surface area contributed by atoms with E-state index in [2.05, 4.69) is 10.6 Å². The molecule has 5 nitrogen and oxygen atoms in total. The molecule has 1 aromatic rings. The summed E-state index contributed by atoms with van der Waals surface area (Å²) in [6, 6.07) is 8.98. The van der Waals surface area contributed by atoms with Gasteiger partial charge in [0.25, 0.3) is 0 Å². The molecule has 1 aromatic carbocycles. The Kier molecular flexibility index (Phi) is 6.47. The maximum Gasteiger partial charge on any atom is 0.225 e. The number of nitriles is 1. The van der Waals surface area contributed by atoms with E-state index in [-0.39, 0.29) is 5.91 Å². The number of carbonyl (C=O) groups excluding carboxylic acids is 1. The minimum absolute atomic E-state index is 0.109. The van der Waals surface area contributed by atoms with E-state index >= 15 is 0 Å². The van der Waals surface area contributed by atoms with Gasteiger partial charge >= 0.3 is 0 Å². The van der Waals surface area contributed by atoms with Gasteiger partial charge in [-0.3, -0.25) is 4.79 Å². The Bertz CT molecular complexity index is 426. The topological polar surface area (TPSA) is 74.2 Å². The second-order valence-electron chi connectivity index (χ2n) is 3.70. The van der Waals surface area contributed by atoms with Crippen molar-refractivity contribution >= 4 is 11.6 Å². The van der Waals surface area contributed by atoms with Gasteiger partial charge in [0, 0.05) is 26.6 Å². The third-order valence-electron chi connectivity index (χ3n) is 2.33. The molecule has 0 heterocycles. The number of para-hydroxylation sites is 1. The smallest absolute Gasteiger partial charge is 0.225 e. The molecule has 0 saturated carbocycles. The summed E-state index contributed by atoms with van der Waals surface area (Å²) in [5, 5.41) is 14.7. The summed E-state index contributed by atoms with van der Waals surface area (Å²) in [6.07, 6.45) is 0.365. The van der Waals surface area contributed by atoms with E-state index in [0.29, 0.717) is 30.8 Å². The first-order valence-electron chi connectivity index (χ1n) is 5.76. The fourth-order valence-corrected chi connectivity index (χ4v) is 1.40. The van der Waals surface area contributed by atoms with Crippen LogP contribution >= 0.6 is 0 Å². The number of hydrogen-bond acceptors (Lipinski definition) is 4. The average Bonchev–Trinajstić information content (AvgIpc) is 2.39. The highest BCUT2D eigenvalue weighted by Gasteiger charge is 2.05. The molecule has 0 radical (unpaired) electrons. The number of ether oxygens (including phenoxy) is 1. The minimum atomic E-state index is -0.109. The van der Waals surface area contributed by atoms with Gasteiger partial charge in [-0.15, -0.1) is 0 Å². The lowest BCUT2D eigenvalue weighted by Crippen LogP contribution is -2.24. The van der Waals surface area contributed by atoms with E-state index in [1.165, 1.54) is 0 Å². The van der Waals surface area contributed by atoms with Gasteiger partial charge in [0.2, 0.25) is 5.91 Å². The Labute approximate surface area is 107 Å². The third kappa shape index (κ3) is 4.95. The van der Waals surface area contributed by atoms with Crippen molar-refractivity contribution in [2.45, 2.75) is 6.42 Å². The van der Waals surface area contributed by atoms with Crippen LogP contribution in [0.3, 0.4) is 0 Å². The summed E-state index contributed by atoms with van der Waals surface area (Å²) in [6.45, 7) is 1.93. The van der Waals surface area contributed by atoms with Crippen molar-refractivity contribution in [1.29, 1.82) is 5.26 Å². The van der Waals surface area contributed by atoms with E-state index in [0.717, 1.165) is 6.54 Å². The molecular formula is C13H17N3O2. The molecule has 0 saturated heterocycles. The highest BCUT2D eigenvalue weighted by atomic mass is 16.5. The van der Waals surface area contributed by atoms with Crippen LogP contribution in [0.2, 0.25) is 0 Å².